The Morgan fingerprint density at radius 1 is 1.10 bits per heavy atom. The van der Waals surface area contributed by atoms with Gasteiger partial charge in [-0.2, -0.15) is 13.2 Å². The third kappa shape index (κ3) is 4.38. The molecule has 0 saturated carbocycles. The molecular weight excluding hydrogens is 369 g/mol. The van der Waals surface area contributed by atoms with Crippen molar-refractivity contribution in [1.82, 2.24) is 0 Å². The molecule has 0 aliphatic heterocycles. The summed E-state index contributed by atoms with van der Waals surface area (Å²) < 4.78 is 44.3. The number of hydrogen-bond donors (Lipinski definition) is 0. The molecule has 0 aromatic heterocycles. The van der Waals surface area contributed by atoms with Crippen LogP contribution in [0.3, 0.4) is 0 Å². The van der Waals surface area contributed by atoms with E-state index in [-0.39, 0.29) is 12.5 Å². The van der Waals surface area contributed by atoms with E-state index in [0.29, 0.717) is 11.3 Å². The highest BCUT2D eigenvalue weighted by atomic mass is 79.9. The van der Waals surface area contributed by atoms with Gasteiger partial charge in [-0.15, -0.1) is 11.6 Å². The number of alkyl halides is 4. The highest BCUT2D eigenvalue weighted by Crippen LogP contribution is 2.30. The number of ether oxygens (including phenoxy) is 1. The molecule has 0 atom stereocenters. The lowest BCUT2D eigenvalue weighted by Gasteiger charge is -2.12. The molecule has 0 spiro atoms. The molecule has 0 N–H and O–H groups in total. The first-order valence-corrected chi connectivity index (χ1v) is 7.36. The molecule has 0 aliphatic rings. The summed E-state index contributed by atoms with van der Waals surface area (Å²) in [5.41, 5.74) is 0.545. The van der Waals surface area contributed by atoms with Crippen LogP contribution in [0.2, 0.25) is 0 Å². The zero-order chi connectivity index (χ0) is 15.5. The van der Waals surface area contributed by atoms with E-state index >= 15 is 0 Å². The molecule has 0 fully saturated rings. The van der Waals surface area contributed by atoms with Gasteiger partial charge in [0.25, 0.3) is 0 Å². The van der Waals surface area contributed by atoms with Gasteiger partial charge in [0.05, 0.1) is 11.4 Å². The molecule has 2 aromatic carbocycles. The molecule has 0 unspecified atom stereocenters. The molecule has 0 aliphatic carbocycles. The topological polar surface area (TPSA) is 9.23 Å². The molecule has 2 aromatic rings. The first-order valence-electron chi connectivity index (χ1n) is 6.03. The third-order valence-electron chi connectivity index (χ3n) is 2.82. The normalized spacial score (nSPS) is 11.5. The molecule has 0 saturated heterocycles. The molecule has 2 rings (SSSR count). The molecule has 0 amide bonds. The molecule has 6 heteroatoms. The average molecular weight is 380 g/mol. The standard InChI is InChI=1S/C15H11BrClF3O/c16-13-4-5-14(11(7-13)8-17)21-9-10-2-1-3-12(6-10)15(18,19)20/h1-7H,8-9H2. The van der Waals surface area contributed by atoms with Crippen molar-refractivity contribution in [3.63, 3.8) is 0 Å². The Balaban J connectivity index is 2.13. The Bertz CT molecular complexity index is 629. The highest BCUT2D eigenvalue weighted by molar-refractivity contribution is 9.10. The van der Waals surface area contributed by atoms with Gasteiger partial charge >= 0.3 is 6.18 Å². The van der Waals surface area contributed by atoms with E-state index in [0.717, 1.165) is 22.2 Å². The van der Waals surface area contributed by atoms with E-state index in [1.54, 1.807) is 18.2 Å². The summed E-state index contributed by atoms with van der Waals surface area (Å²) in [7, 11) is 0. The van der Waals surface area contributed by atoms with Crippen molar-refractivity contribution in [2.45, 2.75) is 18.7 Å². The summed E-state index contributed by atoms with van der Waals surface area (Å²) in [5.74, 6) is 0.822. The van der Waals surface area contributed by atoms with Gasteiger partial charge in [-0.05, 0) is 35.9 Å². The first kappa shape index (κ1) is 16.2. The maximum atomic E-state index is 12.6. The van der Waals surface area contributed by atoms with Crippen molar-refractivity contribution >= 4 is 27.5 Å². The van der Waals surface area contributed by atoms with Crippen molar-refractivity contribution in [1.29, 1.82) is 0 Å². The number of halogens is 5. The van der Waals surface area contributed by atoms with Crippen LogP contribution in [0.4, 0.5) is 13.2 Å². The Morgan fingerprint density at radius 3 is 2.52 bits per heavy atom. The van der Waals surface area contributed by atoms with Gasteiger partial charge in [-0.25, -0.2) is 0 Å². The third-order valence-corrected chi connectivity index (χ3v) is 3.60. The molecular formula is C15H11BrClF3O. The Morgan fingerprint density at radius 2 is 1.86 bits per heavy atom. The van der Waals surface area contributed by atoms with Crippen molar-refractivity contribution in [3.05, 3.63) is 63.6 Å². The molecule has 0 radical (unpaired) electrons. The van der Waals surface area contributed by atoms with E-state index < -0.39 is 11.7 Å². The van der Waals surface area contributed by atoms with Gasteiger partial charge in [0, 0.05) is 10.0 Å². The lowest BCUT2D eigenvalue weighted by Crippen LogP contribution is -2.06. The minimum atomic E-state index is -4.35. The highest BCUT2D eigenvalue weighted by Gasteiger charge is 2.30. The zero-order valence-electron chi connectivity index (χ0n) is 10.8. The second-order valence-corrected chi connectivity index (χ2v) is 5.56. The minimum absolute atomic E-state index is 0.0510. The maximum Gasteiger partial charge on any atom is 0.416 e. The van der Waals surface area contributed by atoms with Crippen LogP contribution >= 0.6 is 27.5 Å². The molecule has 21 heavy (non-hydrogen) atoms. The average Bonchev–Trinajstić information content (AvgIpc) is 2.45. The summed E-state index contributed by atoms with van der Waals surface area (Å²) in [6.07, 6.45) is -4.35. The Hall–Kier alpha value is -1.20. The second kappa shape index (κ2) is 6.71. The van der Waals surface area contributed by atoms with Gasteiger partial charge in [-0.3, -0.25) is 0 Å². The monoisotopic (exact) mass is 378 g/mol. The Kier molecular flexibility index (Phi) is 5.17. The van der Waals surface area contributed by atoms with Crippen molar-refractivity contribution in [2.75, 3.05) is 0 Å². The predicted molar refractivity (Wildman–Crippen MR) is 79.5 cm³/mol. The second-order valence-electron chi connectivity index (χ2n) is 4.37. The van der Waals surface area contributed by atoms with Crippen LogP contribution in [-0.4, -0.2) is 0 Å². The van der Waals surface area contributed by atoms with Gasteiger partial charge in [-0.1, -0.05) is 28.1 Å². The number of hydrogen-bond acceptors (Lipinski definition) is 1. The van der Waals surface area contributed by atoms with Gasteiger partial charge in [0.15, 0.2) is 0 Å². The predicted octanol–water partition coefficient (Wildman–Crippen LogP) is 5.79. The maximum absolute atomic E-state index is 12.6. The fraction of sp³-hybridized carbons (Fsp3) is 0.200. The fourth-order valence-corrected chi connectivity index (χ4v) is 2.41. The van der Waals surface area contributed by atoms with Crippen LogP contribution in [0.15, 0.2) is 46.9 Å². The summed E-state index contributed by atoms with van der Waals surface area (Å²) in [6.45, 7) is 0.0510. The lowest BCUT2D eigenvalue weighted by molar-refractivity contribution is -0.137. The van der Waals surface area contributed by atoms with E-state index in [1.807, 2.05) is 6.07 Å². The molecule has 0 bridgehead atoms. The van der Waals surface area contributed by atoms with E-state index in [2.05, 4.69) is 15.9 Å². The first-order chi connectivity index (χ1) is 9.90. The number of benzene rings is 2. The van der Waals surface area contributed by atoms with Crippen LogP contribution in [0, 0.1) is 0 Å². The van der Waals surface area contributed by atoms with E-state index in [1.165, 1.54) is 6.07 Å². The van der Waals surface area contributed by atoms with Crippen molar-refractivity contribution in [2.24, 2.45) is 0 Å². The SMILES string of the molecule is FC(F)(F)c1cccc(COc2ccc(Br)cc2CCl)c1. The van der Waals surface area contributed by atoms with Crippen LogP contribution in [0.5, 0.6) is 5.75 Å². The van der Waals surface area contributed by atoms with E-state index in [4.69, 9.17) is 16.3 Å². The van der Waals surface area contributed by atoms with Gasteiger partial charge in [0.1, 0.15) is 12.4 Å². The van der Waals surface area contributed by atoms with Crippen LogP contribution < -0.4 is 4.74 Å². The minimum Gasteiger partial charge on any atom is -0.489 e. The van der Waals surface area contributed by atoms with Crippen molar-refractivity contribution < 1.29 is 17.9 Å². The fourth-order valence-electron chi connectivity index (χ4n) is 1.79. The van der Waals surface area contributed by atoms with Crippen LogP contribution in [-0.2, 0) is 18.7 Å². The largest absolute Gasteiger partial charge is 0.489 e. The van der Waals surface area contributed by atoms with Gasteiger partial charge in [0.2, 0.25) is 0 Å². The quantitative estimate of drug-likeness (QED) is 0.611. The van der Waals surface area contributed by atoms with Crippen molar-refractivity contribution in [3.8, 4) is 5.75 Å². The summed E-state index contributed by atoms with van der Waals surface area (Å²) in [5, 5.41) is 0. The molecule has 112 valence electrons. The van der Waals surface area contributed by atoms with E-state index in [9.17, 15) is 13.2 Å². The zero-order valence-corrected chi connectivity index (χ0v) is 13.1. The summed E-state index contributed by atoms with van der Waals surface area (Å²) in [6, 6.07) is 10.4. The van der Waals surface area contributed by atoms with Crippen LogP contribution in [0.25, 0.3) is 0 Å². The lowest BCUT2D eigenvalue weighted by atomic mass is 10.1. The van der Waals surface area contributed by atoms with Gasteiger partial charge < -0.3 is 4.74 Å². The Labute approximate surface area is 133 Å². The summed E-state index contributed by atoms with van der Waals surface area (Å²) in [4.78, 5) is 0. The number of rotatable bonds is 4. The molecule has 0 heterocycles. The molecule has 1 nitrogen and oxygen atoms in total. The summed E-state index contributed by atoms with van der Waals surface area (Å²) >= 11 is 9.15. The van der Waals surface area contributed by atoms with Crippen LogP contribution in [0.1, 0.15) is 16.7 Å². The smallest absolute Gasteiger partial charge is 0.416 e.